The first-order valence-electron chi connectivity index (χ1n) is 8.69. The minimum absolute atomic E-state index is 0.00143. The third kappa shape index (κ3) is 3.56. The largest absolute Gasteiger partial charge is 0.366 e. The first kappa shape index (κ1) is 19.7. The van der Waals surface area contributed by atoms with Crippen LogP contribution in [0.4, 0.5) is 14.5 Å². The van der Waals surface area contributed by atoms with Crippen molar-refractivity contribution < 1.29 is 13.6 Å². The molecule has 0 bridgehead atoms. The van der Waals surface area contributed by atoms with E-state index in [9.17, 15) is 13.6 Å². The van der Waals surface area contributed by atoms with E-state index in [1.807, 2.05) is 29.5 Å². The molecule has 2 aliphatic heterocycles. The number of hydrogen-bond acceptors (Lipinski definition) is 3. The zero-order chi connectivity index (χ0) is 20.7. The molecule has 1 amide bonds. The highest BCUT2D eigenvalue weighted by molar-refractivity contribution is 9.11. The van der Waals surface area contributed by atoms with E-state index in [4.69, 9.17) is 11.6 Å². The van der Waals surface area contributed by atoms with E-state index in [-0.39, 0.29) is 16.8 Å². The average Bonchev–Trinajstić information content (AvgIpc) is 3.10. The smallest absolute Gasteiger partial charge is 0.259 e. The van der Waals surface area contributed by atoms with Crippen LogP contribution in [0.5, 0.6) is 0 Å². The first-order chi connectivity index (χ1) is 13.9. The number of hydrogen-bond donors (Lipinski definition) is 1. The van der Waals surface area contributed by atoms with Gasteiger partial charge in [-0.3, -0.25) is 4.79 Å². The van der Waals surface area contributed by atoms with Gasteiger partial charge in [0.25, 0.3) is 5.91 Å². The molecule has 0 aromatic heterocycles. The number of carbonyl (C=O) groups is 1. The number of halogens is 4. The van der Waals surface area contributed by atoms with E-state index in [2.05, 4.69) is 21.2 Å². The Morgan fingerprint density at radius 3 is 2.66 bits per heavy atom. The van der Waals surface area contributed by atoms with Crippen LogP contribution < -0.4 is 10.2 Å². The highest BCUT2D eigenvalue weighted by atomic mass is 79.9. The van der Waals surface area contributed by atoms with Crippen LogP contribution >= 0.6 is 27.5 Å². The standard InChI is InChI=1S/C21H15BrClF2N3O/c1-27(20-16(24)3-2-4-17(20)25)21(29)14-7-5-12(9-15(14)23)18-10-26-19-8-6-13(22)11-28(18)19/h2-11,19,26H,1H3. The highest BCUT2D eigenvalue weighted by Crippen LogP contribution is 2.33. The Labute approximate surface area is 179 Å². The number of fused-ring (bicyclic) bond motifs is 1. The molecule has 0 fully saturated rings. The summed E-state index contributed by atoms with van der Waals surface area (Å²) in [4.78, 5) is 15.8. The molecule has 148 valence electrons. The molecule has 1 N–H and O–H groups in total. The van der Waals surface area contributed by atoms with E-state index in [1.54, 1.807) is 18.2 Å². The molecule has 0 saturated carbocycles. The molecule has 4 rings (SSSR count). The quantitative estimate of drug-likeness (QED) is 0.656. The molecule has 2 heterocycles. The van der Waals surface area contributed by atoms with Crippen LogP contribution in [-0.4, -0.2) is 24.0 Å². The minimum atomic E-state index is -0.822. The number of para-hydroxylation sites is 1. The van der Waals surface area contributed by atoms with Gasteiger partial charge in [0.2, 0.25) is 0 Å². The van der Waals surface area contributed by atoms with Gasteiger partial charge in [-0.15, -0.1) is 0 Å². The SMILES string of the molecule is CN(C(=O)c1ccc(C2=CNC3C=CC(Br)=CN23)cc1Cl)c1c(F)cccc1F. The Kier molecular flexibility index (Phi) is 5.19. The number of benzene rings is 2. The molecule has 29 heavy (non-hydrogen) atoms. The number of rotatable bonds is 3. The zero-order valence-corrected chi connectivity index (χ0v) is 17.5. The topological polar surface area (TPSA) is 35.6 Å². The van der Waals surface area contributed by atoms with Crippen molar-refractivity contribution in [1.82, 2.24) is 10.2 Å². The Morgan fingerprint density at radius 1 is 1.24 bits per heavy atom. The van der Waals surface area contributed by atoms with Crippen LogP contribution in [0.3, 0.4) is 0 Å². The van der Waals surface area contributed by atoms with Crippen LogP contribution in [0.2, 0.25) is 5.02 Å². The van der Waals surface area contributed by atoms with Crippen LogP contribution in [0.15, 0.2) is 65.4 Å². The lowest BCUT2D eigenvalue weighted by molar-refractivity contribution is 0.0991. The fourth-order valence-corrected chi connectivity index (χ4v) is 3.93. The van der Waals surface area contributed by atoms with Crippen molar-refractivity contribution in [3.8, 4) is 0 Å². The first-order valence-corrected chi connectivity index (χ1v) is 9.86. The predicted molar refractivity (Wildman–Crippen MR) is 113 cm³/mol. The van der Waals surface area contributed by atoms with Gasteiger partial charge in [-0.1, -0.05) is 23.7 Å². The molecular formula is C21H15BrClF2N3O. The number of carbonyl (C=O) groups excluding carboxylic acids is 1. The number of allylic oxidation sites excluding steroid dienone is 2. The van der Waals surface area contributed by atoms with Crippen LogP contribution in [0.1, 0.15) is 15.9 Å². The van der Waals surface area contributed by atoms with Crippen molar-refractivity contribution in [3.05, 3.63) is 93.2 Å². The molecule has 1 atom stereocenters. The maximum Gasteiger partial charge on any atom is 0.259 e. The number of nitrogens with one attached hydrogen (secondary N) is 1. The van der Waals surface area contributed by atoms with Crippen molar-refractivity contribution >= 4 is 44.8 Å². The second-order valence-electron chi connectivity index (χ2n) is 6.55. The van der Waals surface area contributed by atoms with Crippen LogP contribution in [0, 0.1) is 11.6 Å². The molecule has 0 aliphatic carbocycles. The summed E-state index contributed by atoms with van der Waals surface area (Å²) >= 11 is 9.84. The zero-order valence-electron chi connectivity index (χ0n) is 15.2. The highest BCUT2D eigenvalue weighted by Gasteiger charge is 2.27. The molecule has 8 heteroatoms. The van der Waals surface area contributed by atoms with Gasteiger partial charge in [-0.05, 0) is 52.3 Å². The van der Waals surface area contributed by atoms with Gasteiger partial charge in [-0.2, -0.15) is 0 Å². The van der Waals surface area contributed by atoms with Crippen molar-refractivity contribution in [2.24, 2.45) is 0 Å². The average molecular weight is 479 g/mol. The second-order valence-corrected chi connectivity index (χ2v) is 7.87. The van der Waals surface area contributed by atoms with E-state index in [1.165, 1.54) is 13.1 Å². The predicted octanol–water partition coefficient (Wildman–Crippen LogP) is 5.23. The summed E-state index contributed by atoms with van der Waals surface area (Å²) in [5.41, 5.74) is 1.41. The summed E-state index contributed by atoms with van der Waals surface area (Å²) in [5.74, 6) is -2.25. The Balaban J connectivity index is 1.63. The second kappa shape index (κ2) is 7.65. The van der Waals surface area contributed by atoms with Crippen molar-refractivity contribution in [2.45, 2.75) is 6.17 Å². The van der Waals surface area contributed by atoms with Gasteiger partial charge in [0.1, 0.15) is 23.5 Å². The summed E-state index contributed by atoms with van der Waals surface area (Å²) < 4.78 is 29.0. The molecule has 0 radical (unpaired) electrons. The number of anilines is 1. The lowest BCUT2D eigenvalue weighted by Crippen LogP contribution is -2.32. The maximum absolute atomic E-state index is 14.0. The van der Waals surface area contributed by atoms with Crippen molar-refractivity contribution in [3.63, 3.8) is 0 Å². The summed E-state index contributed by atoms with van der Waals surface area (Å²) in [6.45, 7) is 0. The van der Waals surface area contributed by atoms with E-state index in [0.29, 0.717) is 0 Å². The minimum Gasteiger partial charge on any atom is -0.366 e. The molecule has 2 aromatic rings. The van der Waals surface area contributed by atoms with Crippen molar-refractivity contribution in [2.75, 3.05) is 11.9 Å². The summed E-state index contributed by atoms with van der Waals surface area (Å²) in [5, 5.41) is 3.44. The lowest BCUT2D eigenvalue weighted by atomic mass is 10.1. The monoisotopic (exact) mass is 477 g/mol. The molecule has 0 spiro atoms. The normalized spacial score (nSPS) is 17.4. The molecule has 4 nitrogen and oxygen atoms in total. The lowest BCUT2D eigenvalue weighted by Gasteiger charge is -2.27. The van der Waals surface area contributed by atoms with E-state index < -0.39 is 23.2 Å². The van der Waals surface area contributed by atoms with Gasteiger partial charge >= 0.3 is 0 Å². The van der Waals surface area contributed by atoms with E-state index in [0.717, 1.165) is 32.8 Å². The fourth-order valence-electron chi connectivity index (χ4n) is 3.30. The van der Waals surface area contributed by atoms with Crippen molar-refractivity contribution in [1.29, 1.82) is 0 Å². The van der Waals surface area contributed by atoms with Gasteiger partial charge in [0, 0.05) is 29.5 Å². The Bertz CT molecular complexity index is 1080. The third-order valence-corrected chi connectivity index (χ3v) is 5.52. The Morgan fingerprint density at radius 2 is 1.97 bits per heavy atom. The van der Waals surface area contributed by atoms with Crippen LogP contribution in [0.25, 0.3) is 5.70 Å². The summed E-state index contributed by atoms with van der Waals surface area (Å²) in [6, 6.07) is 8.41. The van der Waals surface area contributed by atoms with Gasteiger partial charge in [0.05, 0.1) is 16.3 Å². The Hall–Kier alpha value is -2.64. The summed E-state index contributed by atoms with van der Waals surface area (Å²) in [7, 11) is 1.31. The molecule has 2 aromatic carbocycles. The number of amides is 1. The number of nitrogens with zero attached hydrogens (tertiary/aromatic N) is 2. The molecular weight excluding hydrogens is 464 g/mol. The fraction of sp³-hybridized carbons (Fsp3) is 0.0952. The third-order valence-electron chi connectivity index (χ3n) is 4.74. The van der Waals surface area contributed by atoms with Crippen LogP contribution in [-0.2, 0) is 0 Å². The van der Waals surface area contributed by atoms with E-state index >= 15 is 0 Å². The summed E-state index contributed by atoms with van der Waals surface area (Å²) in [6.07, 6.45) is 7.77. The molecule has 0 saturated heterocycles. The molecule has 2 aliphatic rings. The van der Waals surface area contributed by atoms with Gasteiger partial charge in [-0.25, -0.2) is 8.78 Å². The maximum atomic E-state index is 14.0. The van der Waals surface area contributed by atoms with Gasteiger partial charge < -0.3 is 15.1 Å². The molecule has 1 unspecified atom stereocenters. The van der Waals surface area contributed by atoms with Gasteiger partial charge in [0.15, 0.2) is 0 Å².